The largest absolute Gasteiger partial charge is 0.288 e. The lowest BCUT2D eigenvalue weighted by atomic mass is 10.0. The number of nitrogens with zero attached hydrogens (tertiary/aromatic N) is 1. The Hall–Kier alpha value is 1.01. The summed E-state index contributed by atoms with van der Waals surface area (Å²) in [6, 6.07) is 1.85. The molecule has 0 aromatic rings. The van der Waals surface area contributed by atoms with Gasteiger partial charge in [-0.05, 0) is 25.7 Å². The van der Waals surface area contributed by atoms with Gasteiger partial charge in [0.2, 0.25) is 0 Å². The normalized spacial score (nSPS) is 33.9. The number of hydrogen-bond acceptors (Lipinski definition) is 4. The third-order valence-electron chi connectivity index (χ3n) is 3.22. The Morgan fingerprint density at radius 1 is 1.15 bits per heavy atom. The molecule has 1 nitrogen and oxygen atoms in total. The Morgan fingerprint density at radius 2 is 1.85 bits per heavy atom. The van der Waals surface area contributed by atoms with E-state index in [1.165, 1.54) is 38.0 Å². The van der Waals surface area contributed by atoms with Gasteiger partial charge in [0.25, 0.3) is 0 Å². The molecular formula is C9H17NS3. The zero-order valence-electron chi connectivity index (χ0n) is 7.82. The van der Waals surface area contributed by atoms with E-state index in [0.29, 0.717) is 0 Å². The predicted octanol–water partition coefficient (Wildman–Crippen LogP) is 3.23. The van der Waals surface area contributed by atoms with Crippen LogP contribution in [-0.2, 0) is 0 Å². The molecule has 2 aliphatic heterocycles. The average Bonchev–Trinajstić information content (AvgIpc) is 2.38. The van der Waals surface area contributed by atoms with Gasteiger partial charge < -0.3 is 0 Å². The maximum Gasteiger partial charge on any atom is 0.0506 e. The number of thiol groups is 1. The van der Waals surface area contributed by atoms with E-state index in [9.17, 15) is 0 Å². The van der Waals surface area contributed by atoms with Crippen LogP contribution in [0, 0.1) is 0 Å². The summed E-state index contributed by atoms with van der Waals surface area (Å²) in [5.41, 5.74) is 0. The molecule has 13 heavy (non-hydrogen) atoms. The van der Waals surface area contributed by atoms with Gasteiger partial charge in [-0.2, -0.15) is 0 Å². The van der Waals surface area contributed by atoms with E-state index in [1.807, 2.05) is 11.8 Å². The lowest BCUT2D eigenvalue weighted by Gasteiger charge is -2.34. The molecule has 2 unspecified atom stereocenters. The molecule has 2 bridgehead atoms. The zero-order valence-corrected chi connectivity index (χ0v) is 10.3. The highest BCUT2D eigenvalue weighted by Gasteiger charge is 2.35. The molecule has 0 aliphatic carbocycles. The van der Waals surface area contributed by atoms with Crippen LogP contribution < -0.4 is 0 Å². The van der Waals surface area contributed by atoms with Crippen molar-refractivity contribution in [2.24, 2.45) is 0 Å². The van der Waals surface area contributed by atoms with Crippen molar-refractivity contribution in [1.82, 2.24) is 4.90 Å². The van der Waals surface area contributed by atoms with Gasteiger partial charge in [0.15, 0.2) is 0 Å². The van der Waals surface area contributed by atoms with Gasteiger partial charge in [0, 0.05) is 18.0 Å². The molecule has 2 aliphatic rings. The fourth-order valence-corrected chi connectivity index (χ4v) is 4.51. The van der Waals surface area contributed by atoms with Gasteiger partial charge in [-0.1, -0.05) is 17.2 Å². The molecule has 76 valence electrons. The standard InChI is InChI=1S/C9H17NS3/c11-13-7-12-6-10-8-2-1-3-9(10)5-4-8/h8-9,11H,1-7H2. The summed E-state index contributed by atoms with van der Waals surface area (Å²) in [6.45, 7) is 0. The van der Waals surface area contributed by atoms with Crippen molar-refractivity contribution in [2.75, 3.05) is 11.0 Å². The van der Waals surface area contributed by atoms with E-state index in [0.717, 1.165) is 17.2 Å². The second kappa shape index (κ2) is 5.19. The summed E-state index contributed by atoms with van der Waals surface area (Å²) < 4.78 is 0. The van der Waals surface area contributed by atoms with E-state index >= 15 is 0 Å². The van der Waals surface area contributed by atoms with Gasteiger partial charge in [0.1, 0.15) is 0 Å². The van der Waals surface area contributed by atoms with Crippen LogP contribution in [0.4, 0.5) is 0 Å². The van der Waals surface area contributed by atoms with E-state index < -0.39 is 0 Å². The van der Waals surface area contributed by atoms with Crippen LogP contribution in [0.3, 0.4) is 0 Å². The van der Waals surface area contributed by atoms with E-state index in [2.05, 4.69) is 16.6 Å². The number of thioether (sulfide) groups is 1. The van der Waals surface area contributed by atoms with Gasteiger partial charge >= 0.3 is 0 Å². The minimum Gasteiger partial charge on any atom is -0.288 e. The van der Waals surface area contributed by atoms with E-state index in [-0.39, 0.29) is 0 Å². The molecule has 0 N–H and O–H groups in total. The van der Waals surface area contributed by atoms with Gasteiger partial charge in [-0.3, -0.25) is 4.90 Å². The first kappa shape index (κ1) is 10.5. The van der Waals surface area contributed by atoms with Crippen LogP contribution >= 0.6 is 34.2 Å². The Bertz CT molecular complexity index is 149. The van der Waals surface area contributed by atoms with Crippen molar-refractivity contribution in [1.29, 1.82) is 0 Å². The van der Waals surface area contributed by atoms with Crippen LogP contribution in [0.1, 0.15) is 32.1 Å². The molecule has 2 saturated heterocycles. The van der Waals surface area contributed by atoms with Crippen molar-refractivity contribution in [3.8, 4) is 0 Å². The lowest BCUT2D eigenvalue weighted by Crippen LogP contribution is -2.39. The summed E-state index contributed by atoms with van der Waals surface area (Å²) >= 11 is 6.18. The first-order valence-corrected chi connectivity index (χ1v) is 8.21. The van der Waals surface area contributed by atoms with Gasteiger partial charge in [-0.15, -0.1) is 23.4 Å². The summed E-state index contributed by atoms with van der Waals surface area (Å²) in [6.07, 6.45) is 7.28. The van der Waals surface area contributed by atoms with E-state index in [1.54, 1.807) is 10.8 Å². The Morgan fingerprint density at radius 3 is 2.46 bits per heavy atom. The van der Waals surface area contributed by atoms with Crippen LogP contribution in [-0.4, -0.2) is 27.9 Å². The van der Waals surface area contributed by atoms with E-state index in [4.69, 9.17) is 0 Å². The minimum absolute atomic E-state index is 0.927. The molecule has 0 saturated carbocycles. The highest BCUT2D eigenvalue weighted by molar-refractivity contribution is 8.70. The first-order chi connectivity index (χ1) is 6.42. The average molecular weight is 235 g/mol. The van der Waals surface area contributed by atoms with Crippen molar-refractivity contribution in [3.05, 3.63) is 0 Å². The van der Waals surface area contributed by atoms with Crippen LogP contribution in [0.2, 0.25) is 0 Å². The monoisotopic (exact) mass is 235 g/mol. The minimum atomic E-state index is 0.927. The third kappa shape index (κ3) is 2.52. The second-order valence-corrected chi connectivity index (χ2v) is 6.55. The molecule has 2 rings (SSSR count). The summed E-state index contributed by atoms with van der Waals surface area (Å²) in [5.74, 6) is 1.24. The molecule has 0 amide bonds. The molecule has 2 heterocycles. The van der Waals surface area contributed by atoms with Crippen LogP contribution in [0.5, 0.6) is 0 Å². The highest BCUT2D eigenvalue weighted by atomic mass is 33.1. The topological polar surface area (TPSA) is 3.24 Å². The SMILES string of the molecule is SSCSCN1C2CCCC1CC2. The summed E-state index contributed by atoms with van der Waals surface area (Å²) in [7, 11) is 1.64. The fourth-order valence-electron chi connectivity index (χ4n) is 2.61. The lowest BCUT2D eigenvalue weighted by molar-refractivity contribution is 0.170. The van der Waals surface area contributed by atoms with Crippen molar-refractivity contribution in [3.63, 3.8) is 0 Å². The second-order valence-electron chi connectivity index (χ2n) is 3.91. The summed E-state index contributed by atoms with van der Waals surface area (Å²) in [5, 5.41) is 1.12. The molecule has 4 heteroatoms. The van der Waals surface area contributed by atoms with Crippen molar-refractivity contribution < 1.29 is 0 Å². The van der Waals surface area contributed by atoms with Gasteiger partial charge in [-0.25, -0.2) is 0 Å². The number of piperidine rings is 1. The highest BCUT2D eigenvalue weighted by Crippen LogP contribution is 2.36. The van der Waals surface area contributed by atoms with Gasteiger partial charge in [0.05, 0.1) is 5.08 Å². The first-order valence-electron chi connectivity index (χ1n) is 5.01. The molecule has 0 radical (unpaired) electrons. The Balaban J connectivity index is 1.78. The van der Waals surface area contributed by atoms with Crippen LogP contribution in [0.25, 0.3) is 0 Å². The summed E-state index contributed by atoms with van der Waals surface area (Å²) in [4.78, 5) is 2.73. The molecule has 0 spiro atoms. The maximum atomic E-state index is 4.16. The van der Waals surface area contributed by atoms with Crippen molar-refractivity contribution in [2.45, 2.75) is 44.2 Å². The molecule has 0 aromatic carbocycles. The Kier molecular flexibility index (Phi) is 4.20. The quantitative estimate of drug-likeness (QED) is 0.345. The molecule has 0 aromatic heterocycles. The fraction of sp³-hybridized carbons (Fsp3) is 1.00. The predicted molar refractivity (Wildman–Crippen MR) is 66.4 cm³/mol. The molecule has 2 atom stereocenters. The Labute approximate surface area is 94.2 Å². The third-order valence-corrected chi connectivity index (χ3v) is 5.74. The van der Waals surface area contributed by atoms with Crippen molar-refractivity contribution >= 4 is 34.2 Å². The van der Waals surface area contributed by atoms with Crippen LogP contribution in [0.15, 0.2) is 0 Å². The molecule has 2 fully saturated rings. The maximum absolute atomic E-state index is 4.16. The smallest absolute Gasteiger partial charge is 0.0506 e. The molecular weight excluding hydrogens is 218 g/mol. The number of hydrogen-bond donors (Lipinski definition) is 1. The number of fused-ring (bicyclic) bond motifs is 2. The number of rotatable bonds is 4. The zero-order chi connectivity index (χ0) is 9.10.